The first kappa shape index (κ1) is 19.5. The van der Waals surface area contributed by atoms with E-state index in [-0.39, 0.29) is 0 Å². The van der Waals surface area contributed by atoms with Gasteiger partial charge in [-0.3, -0.25) is 4.99 Å². The van der Waals surface area contributed by atoms with Crippen LogP contribution in [0.25, 0.3) is 22.4 Å². The number of aliphatic imine (C=N–C) groups is 1. The van der Waals surface area contributed by atoms with Crippen LogP contribution in [0.4, 0.5) is 0 Å². The van der Waals surface area contributed by atoms with E-state index >= 15 is 0 Å². The molecule has 8 nitrogen and oxygen atoms in total. The Morgan fingerprint density at radius 1 is 1.14 bits per heavy atom. The Morgan fingerprint density at radius 3 is 2.39 bits per heavy atom. The molecule has 28 heavy (non-hydrogen) atoms. The van der Waals surface area contributed by atoms with Crippen LogP contribution in [0.2, 0.25) is 0 Å². The van der Waals surface area contributed by atoms with Crippen LogP contribution >= 0.6 is 0 Å². The highest BCUT2D eigenvalue weighted by atomic mass is 16.5. The highest BCUT2D eigenvalue weighted by Crippen LogP contribution is 2.40. The number of ether oxygens (including phenoxy) is 3. The summed E-state index contributed by atoms with van der Waals surface area (Å²) in [6, 6.07) is 3.67. The SMILES string of the molecule is COc1cc(-c2cnc3[nH]cc(C(N)=NCC(C)C)c3n2)cc(OC)c1OC. The number of rotatable bonds is 7. The Hall–Kier alpha value is -3.29. The molecule has 0 bridgehead atoms. The van der Waals surface area contributed by atoms with E-state index in [0.29, 0.717) is 52.4 Å². The smallest absolute Gasteiger partial charge is 0.203 e. The number of amidine groups is 1. The van der Waals surface area contributed by atoms with Crippen LogP contribution < -0.4 is 19.9 Å². The summed E-state index contributed by atoms with van der Waals surface area (Å²) >= 11 is 0. The number of nitrogens with two attached hydrogens (primary N) is 1. The van der Waals surface area contributed by atoms with Gasteiger partial charge in [-0.1, -0.05) is 13.8 Å². The zero-order valence-electron chi connectivity index (χ0n) is 16.7. The molecule has 8 heteroatoms. The third-order valence-electron chi connectivity index (χ3n) is 4.24. The molecule has 0 aliphatic heterocycles. The van der Waals surface area contributed by atoms with Crippen molar-refractivity contribution >= 4 is 17.0 Å². The fraction of sp³-hybridized carbons (Fsp3) is 0.350. The van der Waals surface area contributed by atoms with Gasteiger partial charge in [0.05, 0.1) is 38.8 Å². The van der Waals surface area contributed by atoms with Gasteiger partial charge in [-0.2, -0.15) is 0 Å². The minimum absolute atomic E-state index is 0.421. The lowest BCUT2D eigenvalue weighted by Gasteiger charge is -2.14. The molecule has 3 aromatic rings. The number of nitrogens with zero attached hydrogens (tertiary/aromatic N) is 3. The van der Waals surface area contributed by atoms with E-state index in [0.717, 1.165) is 11.1 Å². The van der Waals surface area contributed by atoms with E-state index in [4.69, 9.17) is 24.9 Å². The minimum atomic E-state index is 0.421. The molecule has 3 N–H and O–H groups in total. The van der Waals surface area contributed by atoms with Crippen LogP contribution in [-0.4, -0.2) is 48.7 Å². The molecule has 0 spiro atoms. The average molecular weight is 383 g/mol. The molecule has 0 atom stereocenters. The maximum absolute atomic E-state index is 6.18. The fourth-order valence-corrected chi connectivity index (χ4v) is 2.82. The Kier molecular flexibility index (Phi) is 5.67. The van der Waals surface area contributed by atoms with Crippen LogP contribution in [0.15, 0.2) is 29.5 Å². The van der Waals surface area contributed by atoms with Gasteiger partial charge in [0.2, 0.25) is 5.75 Å². The van der Waals surface area contributed by atoms with Crippen molar-refractivity contribution in [1.82, 2.24) is 15.0 Å². The van der Waals surface area contributed by atoms with E-state index in [1.165, 1.54) is 0 Å². The molecule has 2 heterocycles. The number of nitrogens with one attached hydrogen (secondary N) is 1. The summed E-state index contributed by atoms with van der Waals surface area (Å²) in [5.41, 5.74) is 9.66. The van der Waals surface area contributed by atoms with Crippen molar-refractivity contribution in [3.8, 4) is 28.5 Å². The lowest BCUT2D eigenvalue weighted by Crippen LogP contribution is -2.15. The third kappa shape index (κ3) is 3.71. The molecule has 148 valence electrons. The third-order valence-corrected chi connectivity index (χ3v) is 4.24. The van der Waals surface area contributed by atoms with E-state index in [9.17, 15) is 0 Å². The fourth-order valence-electron chi connectivity index (χ4n) is 2.82. The highest BCUT2D eigenvalue weighted by molar-refractivity contribution is 6.07. The summed E-state index contributed by atoms with van der Waals surface area (Å²) in [7, 11) is 4.72. The summed E-state index contributed by atoms with van der Waals surface area (Å²) in [5, 5.41) is 0. The van der Waals surface area contributed by atoms with E-state index < -0.39 is 0 Å². The highest BCUT2D eigenvalue weighted by Gasteiger charge is 2.17. The van der Waals surface area contributed by atoms with Crippen molar-refractivity contribution in [3.63, 3.8) is 0 Å². The first-order valence-corrected chi connectivity index (χ1v) is 8.93. The summed E-state index contributed by atoms with van der Waals surface area (Å²) in [4.78, 5) is 16.8. The Morgan fingerprint density at radius 2 is 1.82 bits per heavy atom. The summed E-state index contributed by atoms with van der Waals surface area (Å²) < 4.78 is 16.2. The average Bonchev–Trinajstić information content (AvgIpc) is 3.14. The van der Waals surface area contributed by atoms with Gasteiger partial charge in [0.25, 0.3) is 0 Å². The van der Waals surface area contributed by atoms with Crippen molar-refractivity contribution in [2.24, 2.45) is 16.6 Å². The van der Waals surface area contributed by atoms with Crippen LogP contribution in [-0.2, 0) is 0 Å². The lowest BCUT2D eigenvalue weighted by atomic mass is 10.1. The lowest BCUT2D eigenvalue weighted by molar-refractivity contribution is 0.324. The number of benzene rings is 1. The first-order valence-electron chi connectivity index (χ1n) is 8.93. The Bertz CT molecular complexity index is 985. The number of fused-ring (bicyclic) bond motifs is 1. The largest absolute Gasteiger partial charge is 0.493 e. The van der Waals surface area contributed by atoms with Crippen LogP contribution in [0, 0.1) is 5.92 Å². The number of hydrogen-bond acceptors (Lipinski definition) is 6. The monoisotopic (exact) mass is 383 g/mol. The Balaban J connectivity index is 2.10. The molecule has 0 unspecified atom stereocenters. The number of aromatic amines is 1. The standard InChI is InChI=1S/C20H25N5O3/c1-11(2)8-22-19(21)13-9-23-20-17(13)25-14(10-24-20)12-6-15(26-3)18(28-5)16(7-12)27-4/h6-7,9-11H,8H2,1-5H3,(H2,21,22)(H,23,24). The van der Waals surface area contributed by atoms with Gasteiger partial charge in [0.15, 0.2) is 17.1 Å². The summed E-state index contributed by atoms with van der Waals surface area (Å²) in [6.45, 7) is 4.83. The molecule has 0 amide bonds. The molecule has 2 aromatic heterocycles. The number of hydrogen-bond donors (Lipinski definition) is 2. The molecule has 0 saturated carbocycles. The second kappa shape index (κ2) is 8.16. The van der Waals surface area contributed by atoms with Crippen molar-refractivity contribution in [2.75, 3.05) is 27.9 Å². The predicted molar refractivity (Wildman–Crippen MR) is 109 cm³/mol. The molecule has 1 aromatic carbocycles. The molecule has 0 fully saturated rings. The van der Waals surface area contributed by atoms with Crippen LogP contribution in [0.5, 0.6) is 17.2 Å². The van der Waals surface area contributed by atoms with Gasteiger partial charge in [-0.05, 0) is 18.1 Å². The zero-order chi connectivity index (χ0) is 20.3. The van der Waals surface area contributed by atoms with E-state index in [1.807, 2.05) is 12.1 Å². The second-order valence-electron chi connectivity index (χ2n) is 6.69. The van der Waals surface area contributed by atoms with Crippen molar-refractivity contribution < 1.29 is 14.2 Å². The zero-order valence-corrected chi connectivity index (χ0v) is 16.7. The van der Waals surface area contributed by atoms with E-state index in [2.05, 4.69) is 28.8 Å². The summed E-state index contributed by atoms with van der Waals surface area (Å²) in [5.74, 6) is 2.48. The quantitative estimate of drug-likeness (QED) is 0.480. The summed E-state index contributed by atoms with van der Waals surface area (Å²) in [6.07, 6.45) is 3.47. The van der Waals surface area contributed by atoms with Crippen LogP contribution in [0.1, 0.15) is 19.4 Å². The molecule has 0 radical (unpaired) electrons. The number of H-pyrrole nitrogens is 1. The van der Waals surface area contributed by atoms with Crippen molar-refractivity contribution in [2.45, 2.75) is 13.8 Å². The van der Waals surface area contributed by atoms with Crippen molar-refractivity contribution in [3.05, 3.63) is 30.1 Å². The maximum atomic E-state index is 6.18. The normalized spacial score (nSPS) is 11.9. The molecule has 0 saturated heterocycles. The number of methoxy groups -OCH3 is 3. The Labute approximate surface area is 163 Å². The van der Waals surface area contributed by atoms with Gasteiger partial charge < -0.3 is 24.9 Å². The molecular formula is C20H25N5O3. The van der Waals surface area contributed by atoms with Gasteiger partial charge in [-0.25, -0.2) is 9.97 Å². The molecular weight excluding hydrogens is 358 g/mol. The predicted octanol–water partition coefficient (Wildman–Crippen LogP) is 3.01. The molecule has 0 aliphatic rings. The van der Waals surface area contributed by atoms with Crippen molar-refractivity contribution in [1.29, 1.82) is 0 Å². The molecule has 0 aliphatic carbocycles. The van der Waals surface area contributed by atoms with Crippen LogP contribution in [0.3, 0.4) is 0 Å². The van der Waals surface area contributed by atoms with Gasteiger partial charge in [0.1, 0.15) is 11.4 Å². The van der Waals surface area contributed by atoms with Gasteiger partial charge in [0, 0.05) is 18.3 Å². The minimum Gasteiger partial charge on any atom is -0.493 e. The van der Waals surface area contributed by atoms with Gasteiger partial charge >= 0.3 is 0 Å². The second-order valence-corrected chi connectivity index (χ2v) is 6.69. The molecule has 3 rings (SSSR count). The maximum Gasteiger partial charge on any atom is 0.203 e. The number of aromatic nitrogens is 3. The topological polar surface area (TPSA) is 108 Å². The van der Waals surface area contributed by atoms with E-state index in [1.54, 1.807) is 33.7 Å². The van der Waals surface area contributed by atoms with Gasteiger partial charge in [-0.15, -0.1) is 0 Å². The first-order chi connectivity index (χ1) is 13.5.